The number of rotatable bonds is 6. The number of carboxylic acid groups (broad SMARTS) is 1. The predicted molar refractivity (Wildman–Crippen MR) is 103 cm³/mol. The molecule has 0 aromatic heterocycles. The average Bonchev–Trinajstić information content (AvgIpc) is 3.27. The van der Waals surface area contributed by atoms with Crippen molar-refractivity contribution in [1.29, 1.82) is 0 Å². The summed E-state index contributed by atoms with van der Waals surface area (Å²) in [5.74, 6) is -2.95. The van der Waals surface area contributed by atoms with Gasteiger partial charge in [-0.15, -0.1) is 0 Å². The summed E-state index contributed by atoms with van der Waals surface area (Å²) in [7, 11) is 0. The quantitative estimate of drug-likeness (QED) is 0.603. The van der Waals surface area contributed by atoms with E-state index in [0.717, 1.165) is 19.3 Å². The Labute approximate surface area is 172 Å². The zero-order chi connectivity index (χ0) is 20.4. The molecular formula is C19H22Cl2N2O5. The van der Waals surface area contributed by atoms with E-state index in [2.05, 4.69) is 10.9 Å². The van der Waals surface area contributed by atoms with Crippen molar-refractivity contribution in [2.45, 2.75) is 38.7 Å². The first-order valence-corrected chi connectivity index (χ1v) is 10.0. The van der Waals surface area contributed by atoms with Crippen LogP contribution >= 0.6 is 23.2 Å². The van der Waals surface area contributed by atoms with Crippen molar-refractivity contribution >= 4 is 41.0 Å². The van der Waals surface area contributed by atoms with Crippen LogP contribution in [-0.4, -0.2) is 29.0 Å². The third-order valence-corrected chi connectivity index (χ3v) is 6.19. The van der Waals surface area contributed by atoms with Crippen LogP contribution in [0.1, 0.15) is 32.6 Å². The Morgan fingerprint density at radius 1 is 1.18 bits per heavy atom. The fourth-order valence-corrected chi connectivity index (χ4v) is 4.68. The second-order valence-corrected chi connectivity index (χ2v) is 8.13. The normalized spacial score (nSPS) is 26.5. The van der Waals surface area contributed by atoms with Gasteiger partial charge in [0.2, 0.25) is 5.91 Å². The highest BCUT2D eigenvalue weighted by Crippen LogP contribution is 2.52. The van der Waals surface area contributed by atoms with Crippen LogP contribution in [0.2, 0.25) is 10.0 Å². The first kappa shape index (κ1) is 20.7. The number of hydrogen-bond acceptors (Lipinski definition) is 4. The molecule has 5 atom stereocenters. The van der Waals surface area contributed by atoms with Crippen LogP contribution in [0, 0.1) is 23.7 Å². The van der Waals surface area contributed by atoms with Crippen LogP contribution in [0.4, 0.5) is 0 Å². The molecule has 0 aliphatic heterocycles. The summed E-state index contributed by atoms with van der Waals surface area (Å²) in [5, 5.41) is 10.2. The number of halogens is 2. The van der Waals surface area contributed by atoms with Gasteiger partial charge in [-0.05, 0) is 49.7 Å². The molecule has 2 aliphatic rings. The maximum atomic E-state index is 12.6. The van der Waals surface area contributed by atoms with Gasteiger partial charge in [-0.3, -0.25) is 25.2 Å². The topological polar surface area (TPSA) is 105 Å². The largest absolute Gasteiger partial charge is 0.481 e. The Hall–Kier alpha value is -1.99. The fourth-order valence-electron chi connectivity index (χ4n) is 4.35. The van der Waals surface area contributed by atoms with Crippen LogP contribution in [0.3, 0.4) is 0 Å². The first-order valence-electron chi connectivity index (χ1n) is 9.26. The molecule has 0 heterocycles. The number of nitrogens with one attached hydrogen (secondary N) is 2. The molecule has 7 nitrogen and oxygen atoms in total. The van der Waals surface area contributed by atoms with Gasteiger partial charge in [-0.2, -0.15) is 0 Å². The van der Waals surface area contributed by atoms with Crippen LogP contribution in [0.25, 0.3) is 0 Å². The number of hydrogen-bond donors (Lipinski definition) is 3. The lowest BCUT2D eigenvalue weighted by Gasteiger charge is -2.27. The summed E-state index contributed by atoms with van der Waals surface area (Å²) in [6, 6.07) is 4.67. The Kier molecular flexibility index (Phi) is 6.35. The smallest absolute Gasteiger partial charge is 0.307 e. The van der Waals surface area contributed by atoms with E-state index in [4.69, 9.17) is 27.9 Å². The fraction of sp³-hybridized carbons (Fsp3) is 0.526. The van der Waals surface area contributed by atoms with E-state index in [0.29, 0.717) is 16.5 Å². The number of carbonyl (C=O) groups excluding carboxylic acids is 2. The number of amides is 2. The monoisotopic (exact) mass is 428 g/mol. The van der Waals surface area contributed by atoms with E-state index in [-0.39, 0.29) is 17.6 Å². The maximum absolute atomic E-state index is 12.6. The SMILES string of the molecule is CC[C@H](Oc1cc(Cl)ccc1Cl)C(=O)NNC(=O)[C@H]1[C@H]2CC[C@@H](C2)[C@@H]1C(=O)O. The van der Waals surface area contributed by atoms with Crippen molar-refractivity contribution in [2.24, 2.45) is 23.7 Å². The van der Waals surface area contributed by atoms with Gasteiger partial charge >= 0.3 is 5.97 Å². The van der Waals surface area contributed by atoms with Gasteiger partial charge in [0.1, 0.15) is 5.75 Å². The summed E-state index contributed by atoms with van der Waals surface area (Å²) in [5.41, 5.74) is 4.73. The molecule has 2 fully saturated rings. The summed E-state index contributed by atoms with van der Waals surface area (Å²) in [6.45, 7) is 1.75. The second kappa shape index (κ2) is 8.57. The third-order valence-electron chi connectivity index (χ3n) is 5.64. The van der Waals surface area contributed by atoms with Gasteiger partial charge < -0.3 is 9.84 Å². The molecule has 2 bridgehead atoms. The molecule has 2 amide bonds. The zero-order valence-electron chi connectivity index (χ0n) is 15.3. The van der Waals surface area contributed by atoms with E-state index < -0.39 is 35.7 Å². The minimum absolute atomic E-state index is 0.0330. The van der Waals surface area contributed by atoms with E-state index in [1.165, 1.54) is 6.07 Å². The molecule has 0 spiro atoms. The van der Waals surface area contributed by atoms with Crippen LogP contribution in [-0.2, 0) is 14.4 Å². The first-order chi connectivity index (χ1) is 13.3. The molecule has 1 aromatic rings. The summed E-state index contributed by atoms with van der Waals surface area (Å²) in [6.07, 6.45) is 1.86. The molecular weight excluding hydrogens is 407 g/mol. The maximum Gasteiger partial charge on any atom is 0.307 e. The van der Waals surface area contributed by atoms with Gasteiger partial charge in [-0.1, -0.05) is 30.1 Å². The van der Waals surface area contributed by atoms with E-state index >= 15 is 0 Å². The standard InChI is InChI=1S/C19H22Cl2N2O5/c1-2-13(28-14-8-11(20)5-6-12(14)21)17(24)22-23-18(25)15-9-3-4-10(7-9)16(15)19(26)27/h5-6,8-10,13,15-16H,2-4,7H2,1H3,(H,22,24)(H,23,25)(H,26,27)/t9-,10-,13-,15-,16-/m0/s1. The van der Waals surface area contributed by atoms with Gasteiger partial charge in [0.05, 0.1) is 16.9 Å². The molecule has 0 unspecified atom stereocenters. The van der Waals surface area contributed by atoms with Crippen molar-refractivity contribution < 1.29 is 24.2 Å². The van der Waals surface area contributed by atoms with Crippen molar-refractivity contribution in [3.63, 3.8) is 0 Å². The molecule has 2 aliphatic carbocycles. The highest BCUT2D eigenvalue weighted by Gasteiger charge is 2.54. The lowest BCUT2D eigenvalue weighted by atomic mass is 9.79. The van der Waals surface area contributed by atoms with Gasteiger partial charge in [0, 0.05) is 11.1 Å². The van der Waals surface area contributed by atoms with Gasteiger partial charge in [-0.25, -0.2) is 0 Å². The Morgan fingerprint density at radius 3 is 2.50 bits per heavy atom. The predicted octanol–water partition coefficient (Wildman–Crippen LogP) is 3.05. The number of fused-ring (bicyclic) bond motifs is 2. The highest BCUT2D eigenvalue weighted by atomic mass is 35.5. The zero-order valence-corrected chi connectivity index (χ0v) is 16.8. The molecule has 9 heteroatoms. The van der Waals surface area contributed by atoms with Gasteiger partial charge in [0.25, 0.3) is 5.91 Å². The lowest BCUT2D eigenvalue weighted by molar-refractivity contribution is -0.150. The van der Waals surface area contributed by atoms with Crippen LogP contribution in [0.5, 0.6) is 5.75 Å². The van der Waals surface area contributed by atoms with E-state index in [1.807, 2.05) is 0 Å². The molecule has 3 rings (SSSR count). The van der Waals surface area contributed by atoms with Crippen LogP contribution in [0.15, 0.2) is 18.2 Å². The molecule has 0 saturated heterocycles. The summed E-state index contributed by atoms with van der Waals surface area (Å²) < 4.78 is 5.63. The third kappa shape index (κ3) is 4.20. The number of aliphatic carboxylic acids is 1. The van der Waals surface area contributed by atoms with Crippen molar-refractivity contribution in [3.05, 3.63) is 28.2 Å². The van der Waals surface area contributed by atoms with Gasteiger partial charge in [0.15, 0.2) is 6.10 Å². The van der Waals surface area contributed by atoms with Crippen LogP contribution < -0.4 is 15.6 Å². The number of carbonyl (C=O) groups is 3. The minimum Gasteiger partial charge on any atom is -0.481 e. The second-order valence-electron chi connectivity index (χ2n) is 7.29. The lowest BCUT2D eigenvalue weighted by Crippen LogP contribution is -2.52. The number of ether oxygens (including phenoxy) is 1. The number of benzene rings is 1. The Morgan fingerprint density at radius 2 is 1.86 bits per heavy atom. The number of carboxylic acids is 1. The molecule has 0 radical (unpaired) electrons. The summed E-state index contributed by atoms with van der Waals surface area (Å²) in [4.78, 5) is 36.5. The van der Waals surface area contributed by atoms with Crippen molar-refractivity contribution in [2.75, 3.05) is 0 Å². The Bertz CT molecular complexity index is 788. The van der Waals surface area contributed by atoms with Crippen molar-refractivity contribution in [1.82, 2.24) is 10.9 Å². The Balaban J connectivity index is 1.60. The minimum atomic E-state index is -0.955. The molecule has 3 N–H and O–H groups in total. The van der Waals surface area contributed by atoms with E-state index in [1.54, 1.807) is 19.1 Å². The molecule has 2 saturated carbocycles. The van der Waals surface area contributed by atoms with Crippen molar-refractivity contribution in [3.8, 4) is 5.75 Å². The average molecular weight is 429 g/mol. The number of hydrazine groups is 1. The molecule has 28 heavy (non-hydrogen) atoms. The van der Waals surface area contributed by atoms with E-state index in [9.17, 15) is 19.5 Å². The molecule has 152 valence electrons. The summed E-state index contributed by atoms with van der Waals surface area (Å²) >= 11 is 12.0. The highest BCUT2D eigenvalue weighted by molar-refractivity contribution is 6.34. The molecule has 1 aromatic carbocycles.